The molecular formula is C8H13ClN2O3. The van der Waals surface area contributed by atoms with Gasteiger partial charge in [-0.25, -0.2) is 5.06 Å². The number of β-lactam (4-membered cyclic amide) rings is 1. The van der Waals surface area contributed by atoms with Crippen molar-refractivity contribution in [1.82, 2.24) is 10.4 Å². The maximum Gasteiger partial charge on any atom is 0.271 e. The Morgan fingerprint density at radius 3 is 2.64 bits per heavy atom. The normalized spacial score (nSPS) is 24.4. The highest BCUT2D eigenvalue weighted by Gasteiger charge is 2.55. The molecule has 0 radical (unpaired) electrons. The number of carbonyl (C=O) groups excluding carboxylic acids is 2. The lowest BCUT2D eigenvalue weighted by Gasteiger charge is -2.51. The largest absolute Gasteiger partial charge is 0.342 e. The first kappa shape index (κ1) is 11.3. The predicted octanol–water partition coefficient (Wildman–Crippen LogP) is 0.240. The van der Waals surface area contributed by atoms with E-state index in [9.17, 15) is 9.59 Å². The van der Waals surface area contributed by atoms with E-state index in [1.54, 1.807) is 13.8 Å². The van der Waals surface area contributed by atoms with Crippen molar-refractivity contribution >= 4 is 23.4 Å². The van der Waals surface area contributed by atoms with Gasteiger partial charge < -0.3 is 5.32 Å². The lowest BCUT2D eigenvalue weighted by Crippen LogP contribution is -2.76. The number of hydroxylamine groups is 2. The minimum absolute atomic E-state index is 0.0814. The van der Waals surface area contributed by atoms with Gasteiger partial charge in [0.05, 0.1) is 5.54 Å². The quantitative estimate of drug-likeness (QED) is 0.548. The summed E-state index contributed by atoms with van der Waals surface area (Å²) < 4.78 is 0. The molecule has 1 aliphatic heterocycles. The van der Waals surface area contributed by atoms with E-state index in [1.165, 1.54) is 12.0 Å². The Labute approximate surface area is 87.3 Å². The molecule has 1 atom stereocenters. The standard InChI is InChI=1S/C8H13ClN2O3/c1-5(12)10-6-7(13)11(14-4-9)8(6,2)3/h6H,4H2,1-3H3,(H,10,12)/t6-/m1/s1. The highest BCUT2D eigenvalue weighted by molar-refractivity contribution is 6.17. The monoisotopic (exact) mass is 220 g/mol. The molecule has 14 heavy (non-hydrogen) atoms. The maximum absolute atomic E-state index is 11.4. The number of alkyl halides is 1. The Morgan fingerprint density at radius 2 is 2.29 bits per heavy atom. The van der Waals surface area contributed by atoms with Crippen LogP contribution in [0.4, 0.5) is 0 Å². The fraction of sp³-hybridized carbons (Fsp3) is 0.750. The Hall–Kier alpha value is -0.810. The third-order valence-corrected chi connectivity index (χ3v) is 2.30. The number of rotatable bonds is 3. The minimum atomic E-state index is -0.544. The average Bonchev–Trinajstić information content (AvgIpc) is 2.09. The molecule has 6 heteroatoms. The minimum Gasteiger partial charge on any atom is -0.342 e. The third-order valence-electron chi connectivity index (χ3n) is 2.20. The summed E-state index contributed by atoms with van der Waals surface area (Å²) >= 11 is 5.35. The van der Waals surface area contributed by atoms with Crippen LogP contribution in [-0.4, -0.2) is 34.5 Å². The molecular weight excluding hydrogens is 208 g/mol. The second-order valence-electron chi connectivity index (χ2n) is 3.66. The molecule has 1 saturated heterocycles. The molecule has 1 heterocycles. The van der Waals surface area contributed by atoms with Crippen molar-refractivity contribution in [2.45, 2.75) is 32.4 Å². The summed E-state index contributed by atoms with van der Waals surface area (Å²) in [6, 6.07) is -0.606. The van der Waals surface area contributed by atoms with Crippen LogP contribution in [0, 0.1) is 0 Å². The number of halogens is 1. The number of amides is 2. The number of nitrogens with zero attached hydrogens (tertiary/aromatic N) is 1. The van der Waals surface area contributed by atoms with Gasteiger partial charge in [0.15, 0.2) is 0 Å². The predicted molar refractivity (Wildman–Crippen MR) is 50.3 cm³/mol. The van der Waals surface area contributed by atoms with E-state index in [2.05, 4.69) is 5.32 Å². The van der Waals surface area contributed by atoms with Crippen LogP contribution in [0.2, 0.25) is 0 Å². The van der Waals surface area contributed by atoms with Gasteiger partial charge in [0.2, 0.25) is 5.91 Å². The van der Waals surface area contributed by atoms with Gasteiger partial charge in [-0.05, 0) is 13.8 Å². The first-order valence-electron chi connectivity index (χ1n) is 4.21. The number of nitrogens with one attached hydrogen (secondary N) is 1. The summed E-state index contributed by atoms with van der Waals surface area (Å²) in [5.74, 6) is -0.507. The molecule has 2 amide bonds. The fourth-order valence-electron chi connectivity index (χ4n) is 1.47. The van der Waals surface area contributed by atoms with Crippen LogP contribution in [0.1, 0.15) is 20.8 Å². The Bertz CT molecular complexity index is 267. The average molecular weight is 221 g/mol. The van der Waals surface area contributed by atoms with Crippen molar-refractivity contribution in [2.24, 2.45) is 0 Å². The summed E-state index contributed by atoms with van der Waals surface area (Å²) in [4.78, 5) is 27.1. The molecule has 0 aromatic carbocycles. The number of hydrogen-bond donors (Lipinski definition) is 1. The summed E-state index contributed by atoms with van der Waals surface area (Å²) in [5.41, 5.74) is -0.544. The second kappa shape index (κ2) is 3.74. The topological polar surface area (TPSA) is 58.6 Å². The van der Waals surface area contributed by atoms with Crippen LogP contribution in [0.25, 0.3) is 0 Å². The van der Waals surface area contributed by atoms with E-state index in [0.717, 1.165) is 0 Å². The van der Waals surface area contributed by atoms with E-state index in [4.69, 9.17) is 16.4 Å². The van der Waals surface area contributed by atoms with Gasteiger partial charge in [-0.3, -0.25) is 14.4 Å². The van der Waals surface area contributed by atoms with E-state index >= 15 is 0 Å². The molecule has 0 spiro atoms. The highest BCUT2D eigenvalue weighted by atomic mass is 35.5. The Balaban J connectivity index is 2.66. The lowest BCUT2D eigenvalue weighted by atomic mass is 9.84. The van der Waals surface area contributed by atoms with E-state index in [-0.39, 0.29) is 17.9 Å². The van der Waals surface area contributed by atoms with Crippen LogP contribution < -0.4 is 5.32 Å². The highest BCUT2D eigenvalue weighted by Crippen LogP contribution is 2.31. The van der Waals surface area contributed by atoms with Crippen LogP contribution in [0.15, 0.2) is 0 Å². The molecule has 1 rings (SSSR count). The molecule has 80 valence electrons. The van der Waals surface area contributed by atoms with E-state index < -0.39 is 11.6 Å². The second-order valence-corrected chi connectivity index (χ2v) is 3.88. The van der Waals surface area contributed by atoms with Crippen LogP contribution >= 0.6 is 11.6 Å². The summed E-state index contributed by atoms with van der Waals surface area (Å²) in [6.45, 7) is 4.96. The van der Waals surface area contributed by atoms with Crippen LogP contribution in [0.3, 0.4) is 0 Å². The van der Waals surface area contributed by atoms with Crippen molar-refractivity contribution < 1.29 is 14.4 Å². The number of carbonyl (C=O) groups is 2. The zero-order valence-electron chi connectivity index (χ0n) is 8.33. The van der Waals surface area contributed by atoms with Crippen molar-refractivity contribution in [3.8, 4) is 0 Å². The van der Waals surface area contributed by atoms with Crippen LogP contribution in [-0.2, 0) is 14.4 Å². The maximum atomic E-state index is 11.4. The smallest absolute Gasteiger partial charge is 0.271 e. The van der Waals surface area contributed by atoms with Crippen molar-refractivity contribution in [2.75, 3.05) is 6.07 Å². The molecule has 0 saturated carbocycles. The molecule has 0 aliphatic carbocycles. The van der Waals surface area contributed by atoms with Crippen molar-refractivity contribution in [3.63, 3.8) is 0 Å². The zero-order valence-corrected chi connectivity index (χ0v) is 9.09. The van der Waals surface area contributed by atoms with Crippen molar-refractivity contribution in [3.05, 3.63) is 0 Å². The Kier molecular flexibility index (Phi) is 3.01. The molecule has 0 unspecified atom stereocenters. The molecule has 0 aromatic heterocycles. The Morgan fingerprint density at radius 1 is 1.71 bits per heavy atom. The van der Waals surface area contributed by atoms with Gasteiger partial charge in [-0.2, -0.15) is 0 Å². The first-order chi connectivity index (χ1) is 6.41. The SMILES string of the molecule is CC(=O)N[C@@H]1C(=O)N(OCCl)C1(C)C. The molecule has 5 nitrogen and oxygen atoms in total. The molecule has 0 bridgehead atoms. The van der Waals surface area contributed by atoms with Gasteiger partial charge in [-0.15, -0.1) is 0 Å². The third kappa shape index (κ3) is 1.69. The van der Waals surface area contributed by atoms with Gasteiger partial charge >= 0.3 is 0 Å². The van der Waals surface area contributed by atoms with Gasteiger partial charge in [0, 0.05) is 6.92 Å². The van der Waals surface area contributed by atoms with Gasteiger partial charge in [0.25, 0.3) is 5.91 Å². The summed E-state index contributed by atoms with van der Waals surface area (Å²) in [7, 11) is 0. The summed E-state index contributed by atoms with van der Waals surface area (Å²) in [6.07, 6.45) is 0. The van der Waals surface area contributed by atoms with Gasteiger partial charge in [-0.1, -0.05) is 11.6 Å². The van der Waals surface area contributed by atoms with Crippen molar-refractivity contribution in [1.29, 1.82) is 0 Å². The molecule has 1 N–H and O–H groups in total. The summed E-state index contributed by atoms with van der Waals surface area (Å²) in [5, 5.41) is 3.74. The van der Waals surface area contributed by atoms with E-state index in [1.807, 2.05) is 0 Å². The van der Waals surface area contributed by atoms with Gasteiger partial charge in [0.1, 0.15) is 12.1 Å². The lowest BCUT2D eigenvalue weighted by molar-refractivity contribution is -0.249. The fourth-order valence-corrected chi connectivity index (χ4v) is 1.57. The first-order valence-corrected chi connectivity index (χ1v) is 4.74. The number of hydrogen-bond acceptors (Lipinski definition) is 3. The molecule has 0 aromatic rings. The van der Waals surface area contributed by atoms with E-state index in [0.29, 0.717) is 0 Å². The molecule has 1 fully saturated rings. The zero-order chi connectivity index (χ0) is 10.9. The molecule has 1 aliphatic rings. The van der Waals surface area contributed by atoms with Crippen LogP contribution in [0.5, 0.6) is 0 Å².